The zero-order chi connectivity index (χ0) is 10.6. The van der Waals surface area contributed by atoms with E-state index in [9.17, 15) is 4.79 Å². The maximum Gasteiger partial charge on any atom is 0.306 e. The average Bonchev–Trinajstić information content (AvgIpc) is 2.07. The van der Waals surface area contributed by atoms with Crippen molar-refractivity contribution in [1.29, 1.82) is 0 Å². The molecule has 0 spiro atoms. The van der Waals surface area contributed by atoms with E-state index in [1.807, 2.05) is 0 Å². The van der Waals surface area contributed by atoms with Gasteiger partial charge in [-0.1, -0.05) is 13.3 Å². The summed E-state index contributed by atoms with van der Waals surface area (Å²) in [6, 6.07) is 0. The number of rotatable bonds is 6. The van der Waals surface area contributed by atoms with Crippen LogP contribution in [0.15, 0.2) is 0 Å². The lowest BCUT2D eigenvalue weighted by molar-refractivity contribution is -0.141. The van der Waals surface area contributed by atoms with Gasteiger partial charge in [-0.15, -0.1) is 0 Å². The molecule has 1 saturated carbocycles. The molecule has 1 aliphatic rings. The molecular weight excluding hydrogens is 178 g/mol. The molecule has 82 valence electrons. The fourth-order valence-electron chi connectivity index (χ4n) is 1.74. The van der Waals surface area contributed by atoms with Gasteiger partial charge >= 0.3 is 5.97 Å². The van der Waals surface area contributed by atoms with Crippen molar-refractivity contribution in [2.24, 2.45) is 11.8 Å². The lowest BCUT2D eigenvalue weighted by Crippen LogP contribution is -2.31. The number of aliphatic carboxylic acids is 1. The molecule has 0 aliphatic heterocycles. The van der Waals surface area contributed by atoms with Crippen LogP contribution in [0.1, 0.15) is 32.6 Å². The third-order valence-electron chi connectivity index (χ3n) is 3.16. The molecule has 1 aliphatic carbocycles. The summed E-state index contributed by atoms with van der Waals surface area (Å²) >= 11 is 0. The summed E-state index contributed by atoms with van der Waals surface area (Å²) in [6.07, 6.45) is 4.86. The Kier molecular flexibility index (Phi) is 4.39. The van der Waals surface area contributed by atoms with Crippen molar-refractivity contribution in [1.82, 2.24) is 4.90 Å². The van der Waals surface area contributed by atoms with Crippen molar-refractivity contribution >= 4 is 5.97 Å². The molecule has 14 heavy (non-hydrogen) atoms. The summed E-state index contributed by atoms with van der Waals surface area (Å²) in [7, 11) is 2.09. The predicted octanol–water partition coefficient (Wildman–Crippen LogP) is 1.83. The first kappa shape index (κ1) is 11.5. The molecule has 1 fully saturated rings. The summed E-state index contributed by atoms with van der Waals surface area (Å²) in [5, 5.41) is 8.72. The minimum absolute atomic E-state index is 0.209. The average molecular weight is 199 g/mol. The Balaban J connectivity index is 2.07. The number of carbonyl (C=O) groups is 1. The van der Waals surface area contributed by atoms with Crippen LogP contribution in [-0.4, -0.2) is 36.1 Å². The molecule has 1 N–H and O–H groups in total. The van der Waals surface area contributed by atoms with Gasteiger partial charge in [0.15, 0.2) is 0 Å². The second-order valence-corrected chi connectivity index (χ2v) is 4.59. The molecule has 0 saturated heterocycles. The quantitative estimate of drug-likeness (QED) is 0.709. The highest BCUT2D eigenvalue weighted by atomic mass is 16.4. The second kappa shape index (κ2) is 5.35. The van der Waals surface area contributed by atoms with Crippen LogP contribution in [0, 0.1) is 11.8 Å². The molecule has 0 aromatic rings. The van der Waals surface area contributed by atoms with E-state index in [4.69, 9.17) is 5.11 Å². The first-order valence-corrected chi connectivity index (χ1v) is 5.51. The van der Waals surface area contributed by atoms with Crippen molar-refractivity contribution < 1.29 is 9.90 Å². The highest BCUT2D eigenvalue weighted by molar-refractivity contribution is 5.69. The van der Waals surface area contributed by atoms with Gasteiger partial charge in [-0.2, -0.15) is 0 Å². The molecule has 1 rings (SSSR count). The van der Waals surface area contributed by atoms with E-state index >= 15 is 0 Å². The third kappa shape index (κ3) is 3.66. The molecule has 3 nitrogen and oxygen atoms in total. The van der Waals surface area contributed by atoms with Crippen LogP contribution in [0.5, 0.6) is 0 Å². The first-order valence-electron chi connectivity index (χ1n) is 5.51. The Morgan fingerprint density at radius 3 is 2.64 bits per heavy atom. The van der Waals surface area contributed by atoms with E-state index in [1.165, 1.54) is 19.3 Å². The molecule has 0 aromatic carbocycles. The summed E-state index contributed by atoms with van der Waals surface area (Å²) in [6.45, 7) is 3.83. The van der Waals surface area contributed by atoms with Crippen molar-refractivity contribution in [3.8, 4) is 0 Å². The van der Waals surface area contributed by atoms with Gasteiger partial charge in [0.2, 0.25) is 0 Å². The molecule has 0 heterocycles. The molecule has 0 amide bonds. The van der Waals surface area contributed by atoms with E-state index in [2.05, 4.69) is 11.9 Å². The Labute approximate surface area is 86.1 Å². The minimum Gasteiger partial charge on any atom is -0.481 e. The highest BCUT2D eigenvalue weighted by Gasteiger charge is 2.19. The molecule has 3 heteroatoms. The maximum absolute atomic E-state index is 10.6. The van der Waals surface area contributed by atoms with Gasteiger partial charge < -0.3 is 10.0 Å². The fourth-order valence-corrected chi connectivity index (χ4v) is 1.74. The Morgan fingerprint density at radius 1 is 1.57 bits per heavy atom. The SMILES string of the molecule is CC(CCN(C)CC1CCC1)C(=O)O. The van der Waals surface area contributed by atoms with Gasteiger partial charge in [-0.05, 0) is 38.8 Å². The second-order valence-electron chi connectivity index (χ2n) is 4.59. The lowest BCUT2D eigenvalue weighted by Gasteiger charge is -2.30. The number of hydrogen-bond acceptors (Lipinski definition) is 2. The van der Waals surface area contributed by atoms with E-state index in [0.717, 1.165) is 25.4 Å². The summed E-state index contributed by atoms with van der Waals surface area (Å²) < 4.78 is 0. The number of nitrogens with zero attached hydrogens (tertiary/aromatic N) is 1. The van der Waals surface area contributed by atoms with Crippen molar-refractivity contribution in [2.45, 2.75) is 32.6 Å². The fraction of sp³-hybridized carbons (Fsp3) is 0.909. The van der Waals surface area contributed by atoms with Crippen LogP contribution in [-0.2, 0) is 4.79 Å². The normalized spacial score (nSPS) is 19.4. The van der Waals surface area contributed by atoms with Gasteiger partial charge in [0.05, 0.1) is 5.92 Å². The van der Waals surface area contributed by atoms with Gasteiger partial charge in [0, 0.05) is 6.54 Å². The lowest BCUT2D eigenvalue weighted by atomic mass is 9.85. The van der Waals surface area contributed by atoms with Gasteiger partial charge in [-0.3, -0.25) is 4.79 Å². The summed E-state index contributed by atoms with van der Waals surface area (Å²) in [4.78, 5) is 12.8. The minimum atomic E-state index is -0.679. The molecular formula is C11H21NO2. The molecule has 0 radical (unpaired) electrons. The number of hydrogen-bond donors (Lipinski definition) is 1. The Hall–Kier alpha value is -0.570. The van der Waals surface area contributed by atoms with Crippen LogP contribution in [0.25, 0.3) is 0 Å². The van der Waals surface area contributed by atoms with Gasteiger partial charge in [-0.25, -0.2) is 0 Å². The van der Waals surface area contributed by atoms with E-state index < -0.39 is 5.97 Å². The molecule has 1 atom stereocenters. The smallest absolute Gasteiger partial charge is 0.306 e. The van der Waals surface area contributed by atoms with Crippen LogP contribution < -0.4 is 0 Å². The largest absolute Gasteiger partial charge is 0.481 e. The Bertz CT molecular complexity index is 190. The van der Waals surface area contributed by atoms with E-state index in [-0.39, 0.29) is 5.92 Å². The third-order valence-corrected chi connectivity index (χ3v) is 3.16. The Morgan fingerprint density at radius 2 is 2.21 bits per heavy atom. The zero-order valence-corrected chi connectivity index (χ0v) is 9.20. The molecule has 0 bridgehead atoms. The van der Waals surface area contributed by atoms with Gasteiger partial charge in [0.25, 0.3) is 0 Å². The van der Waals surface area contributed by atoms with Crippen molar-refractivity contribution in [3.63, 3.8) is 0 Å². The highest BCUT2D eigenvalue weighted by Crippen LogP contribution is 2.26. The van der Waals surface area contributed by atoms with E-state index in [1.54, 1.807) is 6.92 Å². The van der Waals surface area contributed by atoms with Crippen LogP contribution >= 0.6 is 0 Å². The number of carboxylic acids is 1. The van der Waals surface area contributed by atoms with Crippen molar-refractivity contribution in [2.75, 3.05) is 20.1 Å². The van der Waals surface area contributed by atoms with Crippen LogP contribution in [0.4, 0.5) is 0 Å². The maximum atomic E-state index is 10.6. The first-order chi connectivity index (χ1) is 6.59. The topological polar surface area (TPSA) is 40.5 Å². The predicted molar refractivity (Wildman–Crippen MR) is 56.3 cm³/mol. The summed E-state index contributed by atoms with van der Waals surface area (Å²) in [5.41, 5.74) is 0. The van der Waals surface area contributed by atoms with Crippen LogP contribution in [0.2, 0.25) is 0 Å². The molecule has 1 unspecified atom stereocenters. The number of carboxylic acid groups (broad SMARTS) is 1. The van der Waals surface area contributed by atoms with Crippen LogP contribution in [0.3, 0.4) is 0 Å². The van der Waals surface area contributed by atoms with E-state index in [0.29, 0.717) is 0 Å². The zero-order valence-electron chi connectivity index (χ0n) is 9.20. The standard InChI is InChI=1S/C11H21NO2/c1-9(11(13)14)6-7-12(2)8-10-4-3-5-10/h9-10H,3-8H2,1-2H3,(H,13,14). The van der Waals surface area contributed by atoms with Gasteiger partial charge in [0.1, 0.15) is 0 Å². The summed E-state index contributed by atoms with van der Waals surface area (Å²) in [5.74, 6) is -0.0129. The molecule has 0 aromatic heterocycles. The monoisotopic (exact) mass is 199 g/mol. The van der Waals surface area contributed by atoms with Crippen molar-refractivity contribution in [3.05, 3.63) is 0 Å².